The molecule has 6 aromatic carbocycles. The number of carbonyl (C=O) groups excluding carboxylic acids is 2. The molecule has 0 aliphatic carbocycles. The van der Waals surface area contributed by atoms with E-state index < -0.39 is 56.1 Å². The molecule has 21 heteroatoms. The third-order valence-electron chi connectivity index (χ3n) is 10.9. The van der Waals surface area contributed by atoms with E-state index in [0.717, 1.165) is 35.2 Å². The van der Waals surface area contributed by atoms with E-state index in [1.807, 2.05) is 30.3 Å². The van der Waals surface area contributed by atoms with Crippen LogP contribution in [0.3, 0.4) is 0 Å². The summed E-state index contributed by atoms with van der Waals surface area (Å²) < 4.78 is 73.2. The second-order valence-electron chi connectivity index (χ2n) is 15.4. The molecule has 2 heterocycles. The third-order valence-corrected chi connectivity index (χ3v) is 14.3. The van der Waals surface area contributed by atoms with Crippen LogP contribution in [-0.2, 0) is 49.3 Å². The van der Waals surface area contributed by atoms with Gasteiger partial charge in [-0.2, -0.15) is 25.0 Å². The van der Waals surface area contributed by atoms with Gasteiger partial charge in [-0.05, 0) is 103 Å². The minimum atomic E-state index is -4.38. The summed E-state index contributed by atoms with van der Waals surface area (Å²) in [4.78, 5) is 51.6. The Morgan fingerprint density at radius 1 is 0.551 bits per heavy atom. The predicted octanol–water partition coefficient (Wildman–Crippen LogP) is 5.09. The molecule has 0 saturated carbocycles. The lowest BCUT2D eigenvalue weighted by atomic mass is 10.2. The van der Waals surface area contributed by atoms with Crippen LogP contribution in [0.2, 0.25) is 0 Å². The molecule has 8 rings (SSSR count). The van der Waals surface area contributed by atoms with Gasteiger partial charge in [-0.3, -0.25) is 19.2 Å². The fourth-order valence-corrected chi connectivity index (χ4v) is 10.2. The fourth-order valence-electron chi connectivity index (χ4n) is 7.15. The Hall–Kier alpha value is -8.30. The predicted molar refractivity (Wildman–Crippen MR) is 256 cm³/mol. The van der Waals surface area contributed by atoms with E-state index in [1.165, 1.54) is 82.0 Å². The van der Waals surface area contributed by atoms with Crippen molar-refractivity contribution in [3.8, 4) is 28.7 Å². The normalized spacial score (nSPS) is 11.4. The van der Waals surface area contributed by atoms with Gasteiger partial charge in [-0.25, -0.2) is 9.36 Å². The van der Waals surface area contributed by atoms with E-state index in [2.05, 4.69) is 10.6 Å². The number of hydrogen-bond donors (Lipinski definition) is 4. The van der Waals surface area contributed by atoms with Crippen LogP contribution in [-0.4, -0.2) is 77.7 Å². The number of nitrogens with one attached hydrogen (secondary N) is 2. The average molecular weight is 979 g/mol. The molecule has 19 nitrogen and oxygen atoms in total. The Labute approximate surface area is 395 Å². The first-order chi connectivity index (χ1) is 32.9. The molecule has 0 aliphatic rings. The zero-order valence-corrected chi connectivity index (χ0v) is 39.4. The summed E-state index contributed by atoms with van der Waals surface area (Å²) in [5, 5.41) is 25.6. The van der Waals surface area contributed by atoms with Gasteiger partial charge in [0.15, 0.2) is 0 Å². The Morgan fingerprint density at radius 3 is 1.42 bits per heavy atom. The number of phenols is 2. The summed E-state index contributed by atoms with van der Waals surface area (Å²) in [6.45, 7) is 2.37. The topological polar surface area (TPSA) is 248 Å². The number of benzene rings is 6. The molecule has 8 aromatic rings. The Bertz CT molecular complexity index is 3600. The standard InChI is InChI=1S/C24H23N3O7S.C24H23N3O6S/c1-15-4-10-19(13-22(15)28)35(31,32)27-21-11-9-18(34-3)12-20(21)24(30)26(27)14-23(29)25-16-5-7-17(33-2)8-6-16;1-16-8-10-19(13-22(16)28)34(31,32)27-21-11-9-18(33-2)12-20(21)24(30)26(27)15-23(29)25-14-17-6-4-3-5-7-17/h4-13,28H,14H2,1-3H3,(H,25,29);3-13,28H,14-15H2,1-2H3,(H,25,29). The largest absolute Gasteiger partial charge is 0.508 e. The van der Waals surface area contributed by atoms with Gasteiger partial charge in [0.25, 0.3) is 31.2 Å². The molecule has 0 atom stereocenters. The van der Waals surface area contributed by atoms with E-state index in [1.54, 1.807) is 38.1 Å². The first-order valence-corrected chi connectivity index (χ1v) is 23.7. The van der Waals surface area contributed by atoms with E-state index in [4.69, 9.17) is 14.2 Å². The highest BCUT2D eigenvalue weighted by atomic mass is 32.2. The summed E-state index contributed by atoms with van der Waals surface area (Å²) in [7, 11) is -4.36. The highest BCUT2D eigenvalue weighted by molar-refractivity contribution is 7.90. The maximum Gasteiger partial charge on any atom is 0.282 e. The average Bonchev–Trinajstić information content (AvgIpc) is 3.78. The summed E-state index contributed by atoms with van der Waals surface area (Å²) >= 11 is 0. The first kappa shape index (κ1) is 48.6. The summed E-state index contributed by atoms with van der Waals surface area (Å²) in [6, 6.07) is 32.3. The van der Waals surface area contributed by atoms with Crippen molar-refractivity contribution in [2.75, 3.05) is 26.6 Å². The molecule has 69 heavy (non-hydrogen) atoms. The number of amides is 2. The lowest BCUT2D eigenvalue weighted by Gasteiger charge is -2.14. The lowest BCUT2D eigenvalue weighted by Crippen LogP contribution is -2.35. The van der Waals surface area contributed by atoms with Crippen LogP contribution >= 0.6 is 0 Å². The van der Waals surface area contributed by atoms with E-state index in [0.29, 0.717) is 34.1 Å². The highest BCUT2D eigenvalue weighted by Gasteiger charge is 2.29. The van der Waals surface area contributed by atoms with E-state index in [9.17, 15) is 46.2 Å². The monoisotopic (exact) mass is 978 g/mol. The Kier molecular flexibility index (Phi) is 14.0. The molecular weight excluding hydrogens is 933 g/mol. The number of aryl methyl sites for hydroxylation is 2. The summed E-state index contributed by atoms with van der Waals surface area (Å²) in [5.41, 5.74) is 1.08. The van der Waals surface area contributed by atoms with Gasteiger partial charge in [-0.1, -0.05) is 42.5 Å². The van der Waals surface area contributed by atoms with Crippen molar-refractivity contribution < 1.29 is 50.8 Å². The molecule has 0 spiro atoms. The van der Waals surface area contributed by atoms with Crippen LogP contribution in [0.5, 0.6) is 28.7 Å². The zero-order valence-electron chi connectivity index (χ0n) is 37.7. The number of nitrogens with zero attached hydrogens (tertiary/aromatic N) is 4. The van der Waals surface area contributed by atoms with Crippen molar-refractivity contribution in [3.05, 3.63) is 165 Å². The molecule has 0 unspecified atom stereocenters. The van der Waals surface area contributed by atoms with Crippen molar-refractivity contribution in [3.63, 3.8) is 0 Å². The fraction of sp³-hybridized carbons (Fsp3) is 0.167. The van der Waals surface area contributed by atoms with Crippen LogP contribution in [0.15, 0.2) is 147 Å². The highest BCUT2D eigenvalue weighted by Crippen LogP contribution is 2.29. The molecule has 0 fully saturated rings. The van der Waals surface area contributed by atoms with Crippen molar-refractivity contribution in [2.24, 2.45) is 0 Å². The molecular formula is C48H46N6O13S2. The van der Waals surface area contributed by atoms with Crippen molar-refractivity contribution in [1.29, 1.82) is 0 Å². The van der Waals surface area contributed by atoms with Crippen LogP contribution < -0.4 is 36.0 Å². The van der Waals surface area contributed by atoms with Crippen LogP contribution in [0.1, 0.15) is 16.7 Å². The number of methoxy groups -OCH3 is 3. The molecule has 358 valence electrons. The smallest absolute Gasteiger partial charge is 0.282 e. The van der Waals surface area contributed by atoms with Crippen molar-refractivity contribution in [1.82, 2.24) is 22.9 Å². The molecule has 0 aliphatic heterocycles. The maximum absolute atomic E-state index is 13.6. The van der Waals surface area contributed by atoms with Crippen LogP contribution in [0.4, 0.5) is 5.69 Å². The second kappa shape index (κ2) is 19.9. The molecule has 4 N–H and O–H groups in total. The number of carbonyl (C=O) groups is 2. The minimum absolute atomic E-state index is 0.0570. The summed E-state index contributed by atoms with van der Waals surface area (Å²) in [5.74, 6) is -0.247. The number of phenolic OH excluding ortho intramolecular Hbond substituents is 2. The van der Waals surface area contributed by atoms with Crippen molar-refractivity contribution in [2.45, 2.75) is 43.3 Å². The molecule has 2 aromatic heterocycles. The van der Waals surface area contributed by atoms with E-state index >= 15 is 0 Å². The number of aromatic nitrogens is 4. The number of aromatic hydroxyl groups is 2. The summed E-state index contributed by atoms with van der Waals surface area (Å²) in [6.07, 6.45) is 0. The van der Waals surface area contributed by atoms with Gasteiger partial charge in [0.2, 0.25) is 11.8 Å². The number of rotatable bonds is 14. The SMILES string of the molecule is COc1ccc(NC(=O)Cn2c(=O)c3cc(OC)ccc3n2S(=O)(=O)c2ccc(C)c(O)c2)cc1.COc1ccc2c(c1)c(=O)n(CC(=O)NCc1ccccc1)n2S(=O)(=O)c1ccc(C)c(O)c1. The Balaban J connectivity index is 0.000000204. The molecule has 0 radical (unpaired) electrons. The Morgan fingerprint density at radius 2 is 0.986 bits per heavy atom. The second-order valence-corrected chi connectivity index (χ2v) is 19.0. The van der Waals surface area contributed by atoms with Gasteiger partial charge in [0, 0.05) is 24.4 Å². The quantitative estimate of drug-likeness (QED) is 0.111. The van der Waals surface area contributed by atoms with E-state index in [-0.39, 0.29) is 49.6 Å². The number of fused-ring (bicyclic) bond motifs is 2. The van der Waals surface area contributed by atoms with Gasteiger partial charge in [0.1, 0.15) is 41.8 Å². The first-order valence-electron chi connectivity index (χ1n) is 20.8. The third kappa shape index (κ3) is 10.0. The number of hydrogen-bond acceptors (Lipinski definition) is 13. The van der Waals surface area contributed by atoms with Crippen LogP contribution in [0, 0.1) is 13.8 Å². The van der Waals surface area contributed by atoms with Crippen molar-refractivity contribution >= 4 is 59.4 Å². The van der Waals surface area contributed by atoms with Gasteiger partial charge < -0.3 is 35.1 Å². The molecule has 2 amide bonds. The zero-order chi connectivity index (χ0) is 49.8. The lowest BCUT2D eigenvalue weighted by molar-refractivity contribution is -0.122. The maximum atomic E-state index is 13.6. The van der Waals surface area contributed by atoms with Crippen LogP contribution in [0.25, 0.3) is 21.8 Å². The van der Waals surface area contributed by atoms with Gasteiger partial charge in [-0.15, -0.1) is 0 Å². The number of ether oxygens (including phenoxy) is 3. The minimum Gasteiger partial charge on any atom is -0.508 e. The van der Waals surface area contributed by atoms with Gasteiger partial charge >= 0.3 is 0 Å². The number of anilines is 1. The molecule has 0 saturated heterocycles. The van der Waals surface area contributed by atoms with Gasteiger partial charge in [0.05, 0.1) is 52.9 Å². The molecule has 0 bridgehead atoms.